The number of halogens is 6. The number of aromatic nitrogens is 5. The molecular weight excluding hydrogens is 858 g/mol. The molecule has 0 radical (unpaired) electrons. The molecule has 2 aliphatic rings. The standard InChI is InChI=1S/C19H17Cl2FN6O3.C19H16Cl2FN3O3/c1-28-16(18(29)24-9-2-4-13(22)12(20)6-9)11-3-5-14(15(11)17(28)21)25-19(30)31-8-10-7-23-27-26-10;1-3-8-28-19(27)24-14-7-5-11-15(14)17(21)25(2)16(11)18(26)23-10-4-6-13(22)12(20)9-10/h2,4,6-7,14H,3,5,8H2,1H3,(H,24,29)(H,25,30)(H,23,26,27);1,4,6,9,14H,5,7-8H2,2H3,(H,23,26)(H,24,27). The molecule has 0 aliphatic heterocycles. The van der Waals surface area contributed by atoms with Crippen LogP contribution in [0.5, 0.6) is 0 Å². The normalized spacial score (nSPS) is 14.9. The van der Waals surface area contributed by atoms with Crippen molar-refractivity contribution in [3.8, 4) is 12.3 Å². The molecule has 21 heteroatoms. The predicted octanol–water partition coefficient (Wildman–Crippen LogP) is 7.83. The zero-order chi connectivity index (χ0) is 42.5. The number of hydrogen-bond acceptors (Lipinski definition) is 8. The summed E-state index contributed by atoms with van der Waals surface area (Å²) in [4.78, 5) is 49.7. The van der Waals surface area contributed by atoms with E-state index in [-0.39, 0.29) is 29.3 Å². The van der Waals surface area contributed by atoms with Gasteiger partial charge in [-0.2, -0.15) is 15.4 Å². The van der Waals surface area contributed by atoms with E-state index in [1.165, 1.54) is 42.6 Å². The molecule has 0 spiro atoms. The number of alkyl carbamates (subject to hydrolysis) is 2. The molecule has 0 saturated carbocycles. The maximum absolute atomic E-state index is 13.4. The van der Waals surface area contributed by atoms with E-state index in [9.17, 15) is 28.0 Å². The Balaban J connectivity index is 0.000000199. The molecule has 0 bridgehead atoms. The van der Waals surface area contributed by atoms with Crippen LogP contribution in [0.4, 0.5) is 29.7 Å². The minimum atomic E-state index is -0.650. The third kappa shape index (κ3) is 9.42. The van der Waals surface area contributed by atoms with Crippen molar-refractivity contribution in [3.05, 3.63) is 114 Å². The van der Waals surface area contributed by atoms with Crippen molar-refractivity contribution < 1.29 is 37.4 Å². The Morgan fingerprint density at radius 1 is 0.814 bits per heavy atom. The van der Waals surface area contributed by atoms with Crippen molar-refractivity contribution in [3.63, 3.8) is 0 Å². The summed E-state index contributed by atoms with van der Waals surface area (Å²) >= 11 is 24.5. The molecule has 15 nitrogen and oxygen atoms in total. The average Bonchev–Trinajstić information content (AvgIpc) is 4.03. The van der Waals surface area contributed by atoms with Gasteiger partial charge in [0.2, 0.25) is 0 Å². The van der Waals surface area contributed by atoms with Gasteiger partial charge >= 0.3 is 12.2 Å². The lowest BCUT2D eigenvalue weighted by atomic mass is 10.1. The number of terminal acetylenes is 1. The highest BCUT2D eigenvalue weighted by molar-refractivity contribution is 6.32. The molecule has 308 valence electrons. The van der Waals surface area contributed by atoms with Gasteiger partial charge in [0.25, 0.3) is 11.8 Å². The highest BCUT2D eigenvalue weighted by Crippen LogP contribution is 2.42. The molecule has 7 rings (SSSR count). The number of amides is 4. The third-order valence-electron chi connectivity index (χ3n) is 9.46. The lowest BCUT2D eigenvalue weighted by Gasteiger charge is -2.14. The smallest absolute Gasteiger partial charge is 0.408 e. The summed E-state index contributed by atoms with van der Waals surface area (Å²) in [7, 11) is 3.31. The van der Waals surface area contributed by atoms with Crippen molar-refractivity contribution >= 4 is 81.8 Å². The van der Waals surface area contributed by atoms with Gasteiger partial charge in [-0.15, -0.1) is 6.42 Å². The van der Waals surface area contributed by atoms with E-state index in [1.807, 2.05) is 0 Å². The molecule has 5 N–H and O–H groups in total. The number of anilines is 2. The number of aromatic amines is 1. The first-order chi connectivity index (χ1) is 28.2. The van der Waals surface area contributed by atoms with Crippen molar-refractivity contribution in [2.24, 2.45) is 14.1 Å². The number of H-pyrrole nitrogens is 1. The number of fused-ring (bicyclic) bond motifs is 2. The summed E-state index contributed by atoms with van der Waals surface area (Å²) in [5.41, 5.74) is 4.73. The number of hydrogen-bond donors (Lipinski definition) is 5. The number of ether oxygens (including phenoxy) is 2. The topological polar surface area (TPSA) is 186 Å². The quantitative estimate of drug-likeness (QED) is 0.0927. The largest absolute Gasteiger partial charge is 0.443 e. The van der Waals surface area contributed by atoms with Gasteiger partial charge in [0.15, 0.2) is 6.61 Å². The Bertz CT molecular complexity index is 2490. The molecule has 59 heavy (non-hydrogen) atoms. The lowest BCUT2D eigenvalue weighted by Crippen LogP contribution is -2.28. The number of rotatable bonds is 9. The van der Waals surface area contributed by atoms with Crippen LogP contribution in [-0.2, 0) is 43.0 Å². The highest BCUT2D eigenvalue weighted by atomic mass is 35.5. The van der Waals surface area contributed by atoms with E-state index >= 15 is 0 Å². The number of nitrogens with one attached hydrogen (secondary N) is 5. The fourth-order valence-corrected chi connectivity index (χ4v) is 7.87. The Labute approximate surface area is 355 Å². The predicted molar refractivity (Wildman–Crippen MR) is 215 cm³/mol. The molecule has 4 amide bonds. The van der Waals surface area contributed by atoms with Gasteiger partial charge in [0.05, 0.1) is 28.3 Å². The van der Waals surface area contributed by atoms with E-state index in [2.05, 4.69) is 42.6 Å². The molecule has 0 saturated heterocycles. The second kappa shape index (κ2) is 18.4. The Kier molecular flexibility index (Phi) is 13.4. The van der Waals surface area contributed by atoms with Gasteiger partial charge in [-0.3, -0.25) is 9.59 Å². The van der Waals surface area contributed by atoms with Gasteiger partial charge in [-0.1, -0.05) is 52.3 Å². The summed E-state index contributed by atoms with van der Waals surface area (Å²) < 4.78 is 39.8. The van der Waals surface area contributed by atoms with Crippen LogP contribution in [-0.4, -0.2) is 55.2 Å². The van der Waals surface area contributed by atoms with Crippen LogP contribution in [0.1, 0.15) is 73.8 Å². The van der Waals surface area contributed by atoms with E-state index in [1.54, 1.807) is 23.2 Å². The van der Waals surface area contributed by atoms with Crippen LogP contribution >= 0.6 is 46.4 Å². The molecule has 3 aromatic heterocycles. The first kappa shape index (κ1) is 42.8. The van der Waals surface area contributed by atoms with E-state index < -0.39 is 41.7 Å². The van der Waals surface area contributed by atoms with E-state index in [0.717, 1.165) is 11.1 Å². The van der Waals surface area contributed by atoms with Crippen molar-refractivity contribution in [2.75, 3.05) is 17.2 Å². The fourth-order valence-electron chi connectivity index (χ4n) is 6.85. The third-order valence-corrected chi connectivity index (χ3v) is 11.0. The zero-order valence-electron chi connectivity index (χ0n) is 31.0. The maximum Gasteiger partial charge on any atom is 0.408 e. The van der Waals surface area contributed by atoms with Crippen molar-refractivity contribution in [2.45, 2.75) is 44.4 Å². The van der Waals surface area contributed by atoms with Crippen LogP contribution in [0, 0.1) is 24.0 Å². The summed E-state index contributed by atoms with van der Waals surface area (Å²) in [5.74, 6) is 0.234. The molecule has 2 aromatic carbocycles. The van der Waals surface area contributed by atoms with Crippen LogP contribution < -0.4 is 21.3 Å². The summed E-state index contributed by atoms with van der Waals surface area (Å²) in [6.07, 6.45) is 7.45. The monoisotopic (exact) mass is 889 g/mol. The summed E-state index contributed by atoms with van der Waals surface area (Å²) in [5, 5.41) is 21.3. The molecular formula is C38H33Cl4F2N9O6. The zero-order valence-corrected chi connectivity index (χ0v) is 34.0. The summed E-state index contributed by atoms with van der Waals surface area (Å²) in [6.45, 7) is -0.167. The molecule has 5 aromatic rings. The number of carbonyl (C=O) groups is 4. The number of benzene rings is 2. The van der Waals surface area contributed by atoms with Crippen LogP contribution in [0.3, 0.4) is 0 Å². The Hall–Kier alpha value is -5.80. The number of carbonyl (C=O) groups excluding carboxylic acids is 4. The first-order valence-electron chi connectivity index (χ1n) is 17.6. The second-order valence-corrected chi connectivity index (χ2v) is 14.7. The van der Waals surface area contributed by atoms with Gasteiger partial charge < -0.3 is 39.9 Å². The molecule has 2 atom stereocenters. The molecule has 2 unspecified atom stereocenters. The SMILES string of the molecule is C#CCOC(=O)NC1CCc2c1c(Cl)n(C)c2C(=O)Nc1ccc(F)c(Cl)c1.Cn1c(Cl)c2c(c1C(=O)Nc1ccc(F)c(Cl)c1)CCC2NC(=O)OCc1cn[nH]n1. The minimum absolute atomic E-state index is 0.0294. The summed E-state index contributed by atoms with van der Waals surface area (Å²) in [6, 6.07) is 7.03. The number of nitrogens with zero attached hydrogens (tertiary/aromatic N) is 4. The first-order valence-corrected chi connectivity index (χ1v) is 19.1. The van der Waals surface area contributed by atoms with Crippen molar-refractivity contribution in [1.29, 1.82) is 0 Å². The van der Waals surface area contributed by atoms with Gasteiger partial charge in [-0.05, 0) is 73.2 Å². The second-order valence-electron chi connectivity index (χ2n) is 13.1. The van der Waals surface area contributed by atoms with Crippen molar-refractivity contribution in [1.82, 2.24) is 35.2 Å². The fraction of sp³-hybridized carbons (Fsp3) is 0.263. The van der Waals surface area contributed by atoms with Crippen LogP contribution in [0.15, 0.2) is 42.6 Å². The van der Waals surface area contributed by atoms with Gasteiger partial charge in [0.1, 0.15) is 45.6 Å². The highest BCUT2D eigenvalue weighted by Gasteiger charge is 2.36. The van der Waals surface area contributed by atoms with E-state index in [4.69, 9.17) is 62.3 Å². The minimum Gasteiger partial charge on any atom is -0.443 e. The Morgan fingerprint density at radius 2 is 1.29 bits per heavy atom. The molecule has 3 heterocycles. The lowest BCUT2D eigenvalue weighted by molar-refractivity contribution is 0.101. The van der Waals surface area contributed by atoms with Gasteiger partial charge in [-0.25, -0.2) is 18.4 Å². The average molecular weight is 892 g/mol. The van der Waals surface area contributed by atoms with Crippen LogP contribution in [0.2, 0.25) is 20.4 Å². The van der Waals surface area contributed by atoms with E-state index in [0.29, 0.717) is 75.6 Å². The Morgan fingerprint density at radius 3 is 1.71 bits per heavy atom. The van der Waals surface area contributed by atoms with Crippen LogP contribution in [0.25, 0.3) is 0 Å². The van der Waals surface area contributed by atoms with Gasteiger partial charge in [0, 0.05) is 36.6 Å². The molecule has 0 fully saturated rings. The maximum atomic E-state index is 13.4. The molecule has 2 aliphatic carbocycles.